The number of furan rings is 1. The number of carboxylic acids is 1. The van der Waals surface area contributed by atoms with Gasteiger partial charge in [-0.3, -0.25) is 4.98 Å². The van der Waals surface area contributed by atoms with Crippen LogP contribution in [0, 0.1) is 0 Å². The van der Waals surface area contributed by atoms with Crippen LogP contribution < -0.4 is 0 Å². The van der Waals surface area contributed by atoms with E-state index in [9.17, 15) is 9.90 Å². The smallest absolute Gasteiger partial charge is 0.335 e. The second-order valence-electron chi connectivity index (χ2n) is 7.34. The Morgan fingerprint density at radius 3 is 2.90 bits per heavy atom. The molecule has 0 aliphatic carbocycles. The zero-order chi connectivity index (χ0) is 20.8. The Morgan fingerprint density at radius 1 is 1.27 bits per heavy atom. The van der Waals surface area contributed by atoms with E-state index in [1.54, 1.807) is 24.0 Å². The van der Waals surface area contributed by atoms with Crippen LogP contribution in [0.25, 0.3) is 11.3 Å². The van der Waals surface area contributed by atoms with Crippen molar-refractivity contribution in [3.05, 3.63) is 76.8 Å². The Balaban J connectivity index is 1.55. The molecule has 6 nitrogen and oxygen atoms in total. The van der Waals surface area contributed by atoms with Crippen LogP contribution in [0.1, 0.15) is 40.8 Å². The summed E-state index contributed by atoms with van der Waals surface area (Å²) in [6, 6.07) is 13.9. The number of aliphatic imine (C=N–C) groups is 1. The molecule has 0 radical (unpaired) electrons. The second kappa shape index (κ2) is 7.49. The van der Waals surface area contributed by atoms with Gasteiger partial charge in [0.15, 0.2) is 5.17 Å². The van der Waals surface area contributed by atoms with Gasteiger partial charge in [0.25, 0.3) is 0 Å². The van der Waals surface area contributed by atoms with Crippen molar-refractivity contribution in [2.24, 2.45) is 4.99 Å². The van der Waals surface area contributed by atoms with Gasteiger partial charge in [0, 0.05) is 23.6 Å². The number of rotatable bonds is 4. The maximum absolute atomic E-state index is 11.4. The first-order valence-corrected chi connectivity index (χ1v) is 10.8. The highest BCUT2D eigenvalue weighted by Crippen LogP contribution is 2.48. The summed E-state index contributed by atoms with van der Waals surface area (Å²) in [6.45, 7) is 3.06. The summed E-state index contributed by atoms with van der Waals surface area (Å²) in [6.07, 6.45) is 1.77. The lowest BCUT2D eigenvalue weighted by atomic mass is 10.0. The van der Waals surface area contributed by atoms with Crippen LogP contribution in [-0.2, 0) is 0 Å². The normalized spacial score (nSPS) is 22.8. The summed E-state index contributed by atoms with van der Waals surface area (Å²) in [5, 5.41) is 11.2. The van der Waals surface area contributed by atoms with Gasteiger partial charge in [-0.05, 0) is 42.5 Å². The predicted octanol–water partition coefficient (Wildman–Crippen LogP) is 5.28. The maximum atomic E-state index is 11.4. The highest BCUT2D eigenvalue weighted by atomic mass is 35.5. The van der Waals surface area contributed by atoms with Crippen LogP contribution >= 0.6 is 23.4 Å². The van der Waals surface area contributed by atoms with Crippen LogP contribution in [0.5, 0.6) is 0 Å². The average molecular weight is 440 g/mol. The van der Waals surface area contributed by atoms with E-state index in [-0.39, 0.29) is 17.6 Å². The Bertz CT molecular complexity index is 1150. The summed E-state index contributed by atoms with van der Waals surface area (Å²) in [5.74, 6) is 0.281. The van der Waals surface area contributed by atoms with E-state index < -0.39 is 5.97 Å². The van der Waals surface area contributed by atoms with Crippen LogP contribution in [-0.4, -0.2) is 37.9 Å². The fourth-order valence-electron chi connectivity index (χ4n) is 3.93. The van der Waals surface area contributed by atoms with E-state index in [1.165, 1.54) is 12.1 Å². The van der Waals surface area contributed by atoms with E-state index in [0.717, 1.165) is 23.2 Å². The number of amidine groups is 1. The number of hydrogen-bond acceptors (Lipinski definition) is 6. The Hall–Kier alpha value is -2.77. The molecule has 3 atom stereocenters. The topological polar surface area (TPSA) is 78.9 Å². The van der Waals surface area contributed by atoms with E-state index in [0.29, 0.717) is 21.6 Å². The molecular weight excluding hydrogens is 422 g/mol. The Morgan fingerprint density at radius 2 is 2.13 bits per heavy atom. The molecule has 2 aliphatic rings. The van der Waals surface area contributed by atoms with Crippen LogP contribution in [0.2, 0.25) is 5.02 Å². The molecule has 3 aromatic rings. The average Bonchev–Trinajstić information content (AvgIpc) is 3.43. The van der Waals surface area contributed by atoms with Crippen molar-refractivity contribution < 1.29 is 14.3 Å². The largest absolute Gasteiger partial charge is 0.478 e. The lowest BCUT2D eigenvalue weighted by Crippen LogP contribution is -2.28. The molecule has 4 heterocycles. The number of carboxylic acid groups (broad SMARTS) is 1. The first kappa shape index (κ1) is 19.2. The van der Waals surface area contributed by atoms with Crippen molar-refractivity contribution in [2.75, 3.05) is 6.54 Å². The van der Waals surface area contributed by atoms with Gasteiger partial charge in [-0.25, -0.2) is 9.79 Å². The minimum absolute atomic E-state index is 0.109. The summed E-state index contributed by atoms with van der Waals surface area (Å²) in [4.78, 5) is 23.1. The molecule has 0 saturated carbocycles. The molecule has 2 aliphatic heterocycles. The van der Waals surface area contributed by atoms with Crippen molar-refractivity contribution in [1.82, 2.24) is 9.88 Å². The number of carbonyl (C=O) groups is 1. The van der Waals surface area contributed by atoms with E-state index in [4.69, 9.17) is 21.0 Å². The molecule has 0 unspecified atom stereocenters. The highest BCUT2D eigenvalue weighted by molar-refractivity contribution is 8.14. The zero-order valence-electron chi connectivity index (χ0n) is 16.0. The van der Waals surface area contributed by atoms with Gasteiger partial charge in [-0.15, -0.1) is 0 Å². The van der Waals surface area contributed by atoms with E-state index in [1.807, 2.05) is 30.3 Å². The summed E-state index contributed by atoms with van der Waals surface area (Å²) in [5.41, 5.74) is 1.61. The monoisotopic (exact) mass is 439 g/mol. The SMILES string of the molecule is C[C@@H]1CN2C(=N[C@@H](c3ccccn3)[C@@H]2c2ccc(-c3cc(C(=O)O)ccc3Cl)o2)S1. The number of aromatic nitrogens is 1. The quantitative estimate of drug-likeness (QED) is 0.595. The first-order valence-electron chi connectivity index (χ1n) is 9.56. The number of fused-ring (bicyclic) bond motifs is 1. The first-order chi connectivity index (χ1) is 14.5. The van der Waals surface area contributed by atoms with Gasteiger partial charge in [0.05, 0.1) is 16.3 Å². The molecular formula is C22H18ClN3O3S. The Kier molecular flexibility index (Phi) is 4.79. The number of aromatic carboxylic acids is 1. The standard InChI is InChI=1S/C22H18ClN3O3S/c1-12-11-26-20(19(25-22(26)30-12)16-4-2-3-9-24-16)18-8-7-17(29-18)14-10-13(21(27)28)5-6-15(14)23/h2-10,12,19-20H,11H2,1H3,(H,27,28)/t12-,19+,20+/m1/s1. The summed E-state index contributed by atoms with van der Waals surface area (Å²) in [7, 11) is 0. The third-order valence-corrected chi connectivity index (χ3v) is 6.71. The summed E-state index contributed by atoms with van der Waals surface area (Å²) >= 11 is 8.10. The van der Waals surface area contributed by atoms with Crippen molar-refractivity contribution in [3.63, 3.8) is 0 Å². The molecule has 30 heavy (non-hydrogen) atoms. The molecule has 1 N–H and O–H groups in total. The number of thioether (sulfide) groups is 1. The molecule has 0 amide bonds. The molecule has 2 aromatic heterocycles. The van der Waals surface area contributed by atoms with E-state index >= 15 is 0 Å². The molecule has 8 heteroatoms. The molecule has 1 fully saturated rings. The number of hydrogen-bond donors (Lipinski definition) is 1. The summed E-state index contributed by atoms with van der Waals surface area (Å²) < 4.78 is 6.23. The van der Waals surface area contributed by atoms with Gasteiger partial charge in [-0.2, -0.15) is 0 Å². The van der Waals surface area contributed by atoms with Gasteiger partial charge in [-0.1, -0.05) is 36.4 Å². The van der Waals surface area contributed by atoms with Crippen molar-refractivity contribution in [2.45, 2.75) is 24.3 Å². The van der Waals surface area contributed by atoms with Crippen LogP contribution in [0.3, 0.4) is 0 Å². The lowest BCUT2D eigenvalue weighted by Gasteiger charge is -2.25. The van der Waals surface area contributed by atoms with Crippen molar-refractivity contribution >= 4 is 34.5 Å². The molecule has 1 saturated heterocycles. The van der Waals surface area contributed by atoms with Gasteiger partial charge in [0.2, 0.25) is 0 Å². The third-order valence-electron chi connectivity index (χ3n) is 5.28. The van der Waals surface area contributed by atoms with Gasteiger partial charge in [0.1, 0.15) is 23.6 Å². The van der Waals surface area contributed by atoms with Crippen molar-refractivity contribution in [1.29, 1.82) is 0 Å². The number of benzene rings is 1. The maximum Gasteiger partial charge on any atom is 0.335 e. The molecule has 0 bridgehead atoms. The van der Waals surface area contributed by atoms with Gasteiger partial charge >= 0.3 is 5.97 Å². The molecule has 152 valence electrons. The fraction of sp³-hybridized carbons (Fsp3) is 0.227. The molecule has 1 aromatic carbocycles. The van der Waals surface area contributed by atoms with Crippen LogP contribution in [0.4, 0.5) is 0 Å². The Labute approximate surface area is 182 Å². The van der Waals surface area contributed by atoms with Gasteiger partial charge < -0.3 is 14.4 Å². The van der Waals surface area contributed by atoms with Crippen LogP contribution in [0.15, 0.2) is 64.1 Å². The van der Waals surface area contributed by atoms with E-state index in [2.05, 4.69) is 16.8 Å². The number of halogens is 1. The minimum Gasteiger partial charge on any atom is -0.478 e. The second-order valence-corrected chi connectivity index (χ2v) is 9.15. The number of pyridine rings is 1. The fourth-order valence-corrected chi connectivity index (χ4v) is 5.23. The molecule has 5 rings (SSSR count). The third kappa shape index (κ3) is 3.28. The lowest BCUT2D eigenvalue weighted by molar-refractivity contribution is 0.0697. The van der Waals surface area contributed by atoms with Crippen molar-refractivity contribution in [3.8, 4) is 11.3 Å². The predicted molar refractivity (Wildman–Crippen MR) is 117 cm³/mol. The minimum atomic E-state index is -1.01. The zero-order valence-corrected chi connectivity index (χ0v) is 17.6. The number of nitrogens with zero attached hydrogens (tertiary/aromatic N) is 3. The highest BCUT2D eigenvalue weighted by Gasteiger charge is 2.45. The molecule has 0 spiro atoms.